The lowest BCUT2D eigenvalue weighted by atomic mass is 10.2. The van der Waals surface area contributed by atoms with Gasteiger partial charge >= 0.3 is 12.1 Å². The van der Waals surface area contributed by atoms with Crippen molar-refractivity contribution >= 4 is 23.7 Å². The lowest BCUT2D eigenvalue weighted by Gasteiger charge is -2.26. The fourth-order valence-corrected chi connectivity index (χ4v) is 1.91. The summed E-state index contributed by atoms with van der Waals surface area (Å²) in [7, 11) is 0. The van der Waals surface area contributed by atoms with Crippen molar-refractivity contribution in [2.75, 3.05) is 18.4 Å². The zero-order chi connectivity index (χ0) is 19.0. The zero-order valence-electron chi connectivity index (χ0n) is 14.7. The first kappa shape index (κ1) is 20.2. The maximum Gasteiger partial charge on any atom is 0.410 e. The van der Waals surface area contributed by atoms with Gasteiger partial charge in [-0.2, -0.15) is 0 Å². The predicted octanol–water partition coefficient (Wildman–Crippen LogP) is 3.14. The van der Waals surface area contributed by atoms with Gasteiger partial charge in [0.2, 0.25) is 5.91 Å². The van der Waals surface area contributed by atoms with Crippen LogP contribution in [0.1, 0.15) is 37.6 Å². The number of benzene rings is 1. The highest BCUT2D eigenvalue weighted by Crippen LogP contribution is 2.13. The lowest BCUT2D eigenvalue weighted by molar-refractivity contribution is -0.117. The fourth-order valence-electron chi connectivity index (χ4n) is 1.91. The van der Waals surface area contributed by atoms with Crippen LogP contribution in [-0.2, 0) is 9.53 Å². The van der Waals surface area contributed by atoms with Crippen molar-refractivity contribution in [2.45, 2.75) is 32.8 Å². The first-order valence-corrected chi connectivity index (χ1v) is 7.84. The summed E-state index contributed by atoms with van der Waals surface area (Å²) in [6.45, 7) is 8.92. The Hall–Kier alpha value is -2.83. The van der Waals surface area contributed by atoms with Gasteiger partial charge in [0.25, 0.3) is 0 Å². The van der Waals surface area contributed by atoms with E-state index >= 15 is 0 Å². The molecule has 0 aromatic heterocycles. The summed E-state index contributed by atoms with van der Waals surface area (Å²) < 4.78 is 5.29. The van der Waals surface area contributed by atoms with Crippen LogP contribution in [0.3, 0.4) is 0 Å². The number of aromatic carboxylic acids is 1. The van der Waals surface area contributed by atoms with Gasteiger partial charge in [-0.15, -0.1) is 6.58 Å². The molecule has 0 aliphatic carbocycles. The molecule has 0 fully saturated rings. The average molecular weight is 348 g/mol. The van der Waals surface area contributed by atoms with Crippen LogP contribution in [0.15, 0.2) is 36.9 Å². The van der Waals surface area contributed by atoms with Gasteiger partial charge in [0.05, 0.1) is 5.56 Å². The van der Waals surface area contributed by atoms with Gasteiger partial charge in [0, 0.05) is 12.2 Å². The fraction of sp³-hybridized carbons (Fsp3) is 0.389. The quantitative estimate of drug-likeness (QED) is 0.738. The van der Waals surface area contributed by atoms with Crippen molar-refractivity contribution in [3.05, 3.63) is 42.5 Å². The highest BCUT2D eigenvalue weighted by molar-refractivity contribution is 5.95. The third-order valence-electron chi connectivity index (χ3n) is 2.98. The molecular formula is C18H24N2O5. The third kappa shape index (κ3) is 7.52. The third-order valence-corrected chi connectivity index (χ3v) is 2.98. The number of carboxylic acid groups (broad SMARTS) is 1. The Kier molecular flexibility index (Phi) is 7.17. The first-order valence-electron chi connectivity index (χ1n) is 7.84. The summed E-state index contributed by atoms with van der Waals surface area (Å²) in [6.07, 6.45) is 1.57. The zero-order valence-corrected chi connectivity index (χ0v) is 14.7. The molecule has 0 saturated heterocycles. The van der Waals surface area contributed by atoms with E-state index in [0.29, 0.717) is 18.7 Å². The molecule has 25 heavy (non-hydrogen) atoms. The van der Waals surface area contributed by atoms with E-state index in [1.54, 1.807) is 32.9 Å². The Morgan fingerprint density at radius 1 is 1.32 bits per heavy atom. The van der Waals surface area contributed by atoms with Crippen molar-refractivity contribution in [3.8, 4) is 0 Å². The Morgan fingerprint density at radius 2 is 2.00 bits per heavy atom. The number of carbonyl (C=O) groups is 3. The molecule has 0 radical (unpaired) electrons. The van der Waals surface area contributed by atoms with Crippen molar-refractivity contribution in [2.24, 2.45) is 0 Å². The minimum Gasteiger partial charge on any atom is -0.478 e. The molecule has 0 heterocycles. The second kappa shape index (κ2) is 8.86. The van der Waals surface area contributed by atoms with Crippen LogP contribution in [0.25, 0.3) is 0 Å². The summed E-state index contributed by atoms with van der Waals surface area (Å²) in [5.41, 5.74) is -0.262. The molecule has 0 aliphatic heterocycles. The Labute approximate surface area is 147 Å². The topological polar surface area (TPSA) is 95.9 Å². The first-order chi connectivity index (χ1) is 11.6. The second-order valence-corrected chi connectivity index (χ2v) is 6.41. The van der Waals surface area contributed by atoms with Crippen LogP contribution in [0.2, 0.25) is 0 Å². The van der Waals surface area contributed by atoms with Gasteiger partial charge in [-0.1, -0.05) is 12.1 Å². The van der Waals surface area contributed by atoms with E-state index in [-0.39, 0.29) is 12.1 Å². The van der Waals surface area contributed by atoms with E-state index in [1.165, 1.54) is 23.1 Å². The molecule has 2 N–H and O–H groups in total. The van der Waals surface area contributed by atoms with E-state index in [2.05, 4.69) is 11.9 Å². The lowest BCUT2D eigenvalue weighted by Crippen LogP contribution is -2.41. The number of nitrogens with zero attached hydrogens (tertiary/aromatic N) is 1. The maximum absolute atomic E-state index is 12.2. The number of ether oxygens (including phenoxy) is 1. The number of amides is 2. The van der Waals surface area contributed by atoms with Crippen molar-refractivity contribution in [3.63, 3.8) is 0 Å². The number of hydrogen-bond acceptors (Lipinski definition) is 4. The Bertz CT molecular complexity index is 649. The Morgan fingerprint density at radius 3 is 2.56 bits per heavy atom. The predicted molar refractivity (Wildman–Crippen MR) is 94.7 cm³/mol. The molecule has 7 heteroatoms. The van der Waals surface area contributed by atoms with Crippen LogP contribution in [0, 0.1) is 0 Å². The second-order valence-electron chi connectivity index (χ2n) is 6.41. The molecule has 136 valence electrons. The van der Waals surface area contributed by atoms with Crippen molar-refractivity contribution < 1.29 is 24.2 Å². The van der Waals surface area contributed by atoms with Crippen LogP contribution >= 0.6 is 0 Å². The maximum atomic E-state index is 12.2. The SMILES string of the molecule is C=CCCN(CC(=O)Nc1cccc(C(=O)O)c1)C(=O)OC(C)(C)C. The van der Waals surface area contributed by atoms with Gasteiger partial charge in [-0.25, -0.2) is 9.59 Å². The molecule has 1 aromatic carbocycles. The van der Waals surface area contributed by atoms with Gasteiger partial charge in [0.15, 0.2) is 0 Å². The van der Waals surface area contributed by atoms with E-state index < -0.39 is 23.6 Å². The molecule has 7 nitrogen and oxygen atoms in total. The minimum absolute atomic E-state index is 0.0634. The molecule has 1 aromatic rings. The molecule has 0 atom stereocenters. The molecule has 0 bridgehead atoms. The minimum atomic E-state index is -1.09. The number of nitrogens with one attached hydrogen (secondary N) is 1. The summed E-state index contributed by atoms with van der Waals surface area (Å²) in [5, 5.41) is 11.6. The van der Waals surface area contributed by atoms with Crippen LogP contribution in [0.4, 0.5) is 10.5 Å². The number of anilines is 1. The Balaban J connectivity index is 2.77. The van der Waals surface area contributed by atoms with E-state index in [9.17, 15) is 14.4 Å². The average Bonchev–Trinajstić information content (AvgIpc) is 2.49. The number of carbonyl (C=O) groups excluding carboxylic acids is 2. The normalized spacial score (nSPS) is 10.7. The number of rotatable bonds is 7. The van der Waals surface area contributed by atoms with Crippen molar-refractivity contribution in [1.29, 1.82) is 0 Å². The molecule has 0 saturated carbocycles. The molecule has 0 spiro atoms. The summed E-state index contributed by atoms with van der Waals surface area (Å²) in [6, 6.07) is 5.88. The van der Waals surface area contributed by atoms with E-state index in [0.717, 1.165) is 0 Å². The monoisotopic (exact) mass is 348 g/mol. The molecule has 1 rings (SSSR count). The van der Waals surface area contributed by atoms with Gasteiger partial charge in [-0.05, 0) is 45.4 Å². The smallest absolute Gasteiger partial charge is 0.410 e. The van der Waals surface area contributed by atoms with Crippen molar-refractivity contribution in [1.82, 2.24) is 4.90 Å². The van der Waals surface area contributed by atoms with E-state index in [1.807, 2.05) is 0 Å². The highest BCUT2D eigenvalue weighted by atomic mass is 16.6. The number of carboxylic acids is 1. The van der Waals surface area contributed by atoms with E-state index in [4.69, 9.17) is 9.84 Å². The summed E-state index contributed by atoms with van der Waals surface area (Å²) >= 11 is 0. The van der Waals surface area contributed by atoms with Crippen LogP contribution < -0.4 is 5.32 Å². The van der Waals surface area contributed by atoms with Crippen LogP contribution in [0.5, 0.6) is 0 Å². The molecule has 2 amide bonds. The van der Waals surface area contributed by atoms with Gasteiger partial charge < -0.3 is 15.2 Å². The summed E-state index contributed by atoms with van der Waals surface area (Å²) in [4.78, 5) is 36.7. The number of hydrogen-bond donors (Lipinski definition) is 2. The molecular weight excluding hydrogens is 324 g/mol. The molecule has 0 unspecified atom stereocenters. The highest BCUT2D eigenvalue weighted by Gasteiger charge is 2.23. The van der Waals surface area contributed by atoms with Gasteiger partial charge in [0.1, 0.15) is 12.1 Å². The largest absolute Gasteiger partial charge is 0.478 e. The van der Waals surface area contributed by atoms with Crippen LogP contribution in [-0.4, -0.2) is 46.7 Å². The molecule has 0 aliphatic rings. The van der Waals surface area contributed by atoms with Gasteiger partial charge in [-0.3, -0.25) is 9.69 Å². The summed E-state index contributed by atoms with van der Waals surface area (Å²) in [5.74, 6) is -1.53. The standard InChI is InChI=1S/C18H24N2O5/c1-5-6-10-20(17(24)25-18(2,3)4)12-15(21)19-14-9-7-8-13(11-14)16(22)23/h5,7-9,11H,1,6,10,12H2,2-4H3,(H,19,21)(H,22,23).